The van der Waals surface area contributed by atoms with E-state index in [-0.39, 0.29) is 25.6 Å². The molecule has 0 rings (SSSR count). The van der Waals surface area contributed by atoms with Crippen molar-refractivity contribution in [1.29, 1.82) is 0 Å². The Hall–Kier alpha value is 0.0134. The van der Waals surface area contributed by atoms with Crippen LogP contribution in [0.25, 0.3) is 0 Å². The smallest absolute Gasteiger partial charge is 0.547 e. The van der Waals surface area contributed by atoms with E-state index in [0.29, 0.717) is 0 Å². The van der Waals surface area contributed by atoms with Gasteiger partial charge < -0.3 is 21.2 Å². The van der Waals surface area contributed by atoms with E-state index in [0.717, 1.165) is 6.92 Å². The fourth-order valence-corrected chi connectivity index (χ4v) is 0. The Bertz CT molecular complexity index is 65.5. The second-order valence-corrected chi connectivity index (χ2v) is 0.995. The summed E-state index contributed by atoms with van der Waals surface area (Å²) in [6.07, 6.45) is -1.34. The zero-order chi connectivity index (χ0) is 5.15. The van der Waals surface area contributed by atoms with Gasteiger partial charge in [0.05, 0.1) is 12.1 Å². The van der Waals surface area contributed by atoms with Crippen LogP contribution < -0.4 is 11.3 Å². The third-order valence-corrected chi connectivity index (χ3v) is 0.341. The molecule has 1 unspecified atom stereocenters. The van der Waals surface area contributed by atoms with Crippen LogP contribution in [0.15, 0.2) is 0 Å². The van der Waals surface area contributed by atoms with Crippen LogP contribution in [0.5, 0.6) is 0 Å². The van der Waals surface area contributed by atoms with Gasteiger partial charge in [-0.25, -0.2) is 0 Å². The summed E-state index contributed by atoms with van der Waals surface area (Å²) >= 11 is 0. The van der Waals surface area contributed by atoms with Crippen molar-refractivity contribution in [2.75, 3.05) is 0 Å². The molecule has 0 aliphatic rings. The van der Waals surface area contributed by atoms with Crippen molar-refractivity contribution in [3.8, 4) is 0 Å². The molecule has 0 saturated carbocycles. The van der Waals surface area contributed by atoms with Gasteiger partial charge in [-0.15, -0.1) is 0 Å². The number of hydrogen-bond donors (Lipinski definition) is 2. The van der Waals surface area contributed by atoms with Crippen LogP contribution in [0.4, 0.5) is 0 Å². The quantitative estimate of drug-likeness (QED) is 0.471. The van der Waals surface area contributed by atoms with Crippen molar-refractivity contribution < 1.29 is 34.5 Å². The molecule has 5 N–H and O–H groups in total. The van der Waals surface area contributed by atoms with Gasteiger partial charge in [-0.2, -0.15) is 0 Å². The van der Waals surface area contributed by atoms with Gasteiger partial charge in [0.1, 0.15) is 0 Å². The zero-order valence-corrected chi connectivity index (χ0v) is 8.02. The van der Waals surface area contributed by atoms with Crippen molar-refractivity contribution in [3.63, 3.8) is 0 Å². The average molecular weight is 172 g/mol. The van der Waals surface area contributed by atoms with E-state index in [1.54, 1.807) is 0 Å². The van der Waals surface area contributed by atoms with Crippen LogP contribution in [-0.4, -0.2) is 17.2 Å². The van der Waals surface area contributed by atoms with Gasteiger partial charge in [0, 0.05) is 0 Å². The molecule has 0 bridgehead atoms. The minimum Gasteiger partial charge on any atom is -0.547 e. The summed E-state index contributed by atoms with van der Waals surface area (Å²) in [6.45, 7) is 1.13. The van der Waals surface area contributed by atoms with Gasteiger partial charge in [0.25, 0.3) is 0 Å². The van der Waals surface area contributed by atoms with E-state index < -0.39 is 12.1 Å². The maximum absolute atomic E-state index is 9.34. The predicted molar refractivity (Wildman–Crippen MR) is 22.7 cm³/mol. The summed E-state index contributed by atoms with van der Waals surface area (Å²) in [4.78, 5) is 9.34. The molecule has 0 saturated heterocycles. The van der Waals surface area contributed by atoms with E-state index in [4.69, 9.17) is 5.11 Å². The first-order valence-electron chi connectivity index (χ1n) is 1.53. The summed E-state index contributed by atoms with van der Waals surface area (Å²) in [5.74, 6) is -1.44. The molecule has 0 aromatic rings. The standard InChI is InChI=1S/C3H6O3.H3N.Zn/c1-2(4)3(5)6;;/h2,4H,1H3,(H,5,6);1H3;/q;;+2. The fraction of sp³-hybridized carbons (Fsp3) is 0.667. The SMILES string of the molecule is CC(O)C(=O)[O-].[NH4+].[Zn+2]. The normalized spacial score (nSPS) is 10.2. The van der Waals surface area contributed by atoms with Gasteiger partial charge in [0.15, 0.2) is 0 Å². The topological polar surface area (TPSA) is 96.9 Å². The molecule has 0 amide bonds. The Morgan fingerprint density at radius 2 is 1.88 bits per heavy atom. The third kappa shape index (κ3) is 9.38. The van der Waals surface area contributed by atoms with Crippen molar-refractivity contribution in [2.45, 2.75) is 13.0 Å². The van der Waals surface area contributed by atoms with Gasteiger partial charge in [-0.1, -0.05) is 0 Å². The average Bonchev–Trinajstić information content (AvgIpc) is 1.36. The maximum Gasteiger partial charge on any atom is 2.00 e. The van der Waals surface area contributed by atoms with E-state index in [9.17, 15) is 9.90 Å². The number of aliphatic carboxylic acids is 1. The number of carbonyl (C=O) groups excluding carboxylic acids is 1. The minimum absolute atomic E-state index is 0. The summed E-state index contributed by atoms with van der Waals surface area (Å²) in [7, 11) is 0. The van der Waals surface area contributed by atoms with E-state index in [1.807, 2.05) is 0 Å². The first-order valence-corrected chi connectivity index (χ1v) is 1.53. The zero-order valence-electron chi connectivity index (χ0n) is 5.05. The first kappa shape index (κ1) is 15.7. The summed E-state index contributed by atoms with van der Waals surface area (Å²) < 4.78 is 0. The molecule has 4 nitrogen and oxygen atoms in total. The molecule has 5 heteroatoms. The fourth-order valence-electron chi connectivity index (χ4n) is 0. The van der Waals surface area contributed by atoms with Gasteiger partial charge in [0.2, 0.25) is 0 Å². The molecular formula is C3H9NO3Zn+2. The van der Waals surface area contributed by atoms with Crippen LogP contribution in [-0.2, 0) is 24.3 Å². The molecule has 44 valence electrons. The molecule has 0 aliphatic heterocycles. The van der Waals surface area contributed by atoms with Crippen molar-refractivity contribution in [1.82, 2.24) is 6.15 Å². The Kier molecular flexibility index (Phi) is 13.7. The number of aliphatic hydroxyl groups is 1. The molecule has 1 atom stereocenters. The van der Waals surface area contributed by atoms with E-state index >= 15 is 0 Å². The number of carboxylic acids is 1. The number of carbonyl (C=O) groups is 1. The van der Waals surface area contributed by atoms with E-state index in [2.05, 4.69) is 0 Å². The molecule has 0 aliphatic carbocycles. The van der Waals surface area contributed by atoms with E-state index in [1.165, 1.54) is 0 Å². The van der Waals surface area contributed by atoms with Crippen molar-refractivity contribution >= 4 is 5.97 Å². The maximum atomic E-state index is 9.34. The molecular weight excluding hydrogens is 163 g/mol. The van der Waals surface area contributed by atoms with Crippen molar-refractivity contribution in [2.24, 2.45) is 0 Å². The summed E-state index contributed by atoms with van der Waals surface area (Å²) in [5, 5.41) is 17.3. The van der Waals surface area contributed by atoms with Crippen LogP contribution in [0.1, 0.15) is 6.92 Å². The Morgan fingerprint density at radius 3 is 1.88 bits per heavy atom. The van der Waals surface area contributed by atoms with Crippen LogP contribution in [0, 0.1) is 0 Å². The molecule has 8 heavy (non-hydrogen) atoms. The van der Waals surface area contributed by atoms with Gasteiger partial charge in [-0.3, -0.25) is 0 Å². The largest absolute Gasteiger partial charge is 2.00 e. The summed E-state index contributed by atoms with van der Waals surface area (Å²) in [6, 6.07) is 0. The molecule has 0 heterocycles. The van der Waals surface area contributed by atoms with Gasteiger partial charge >= 0.3 is 19.5 Å². The third-order valence-electron chi connectivity index (χ3n) is 0.341. The second-order valence-electron chi connectivity index (χ2n) is 0.995. The van der Waals surface area contributed by atoms with Gasteiger partial charge in [-0.05, 0) is 6.92 Å². The number of quaternary nitrogens is 1. The number of aliphatic hydroxyl groups excluding tert-OH is 1. The Labute approximate surface area is 60.2 Å². The number of hydrogen-bond acceptors (Lipinski definition) is 3. The minimum atomic E-state index is -1.44. The van der Waals surface area contributed by atoms with Crippen LogP contribution >= 0.6 is 0 Å². The van der Waals surface area contributed by atoms with Crippen molar-refractivity contribution in [3.05, 3.63) is 0 Å². The Morgan fingerprint density at radius 1 is 1.75 bits per heavy atom. The monoisotopic (exact) mass is 171 g/mol. The number of carboxylic acid groups (broad SMARTS) is 1. The molecule has 0 aromatic heterocycles. The molecule has 0 spiro atoms. The summed E-state index contributed by atoms with van der Waals surface area (Å²) in [5.41, 5.74) is 0. The second kappa shape index (κ2) is 7.01. The Balaban J connectivity index is -0.000000125. The molecule has 0 fully saturated rings. The van der Waals surface area contributed by atoms with Crippen LogP contribution in [0.2, 0.25) is 0 Å². The molecule has 0 aromatic carbocycles. The predicted octanol–water partition coefficient (Wildman–Crippen LogP) is -1.51. The molecule has 0 radical (unpaired) electrons. The van der Waals surface area contributed by atoms with Crippen LogP contribution in [0.3, 0.4) is 0 Å². The first-order chi connectivity index (χ1) is 2.64. The number of rotatable bonds is 1.